The lowest BCUT2D eigenvalue weighted by Crippen LogP contribution is -2.27. The van der Waals surface area contributed by atoms with Crippen molar-refractivity contribution in [2.24, 2.45) is 0 Å². The Hall–Kier alpha value is -1.68. The summed E-state index contributed by atoms with van der Waals surface area (Å²) < 4.78 is 0. The van der Waals surface area contributed by atoms with E-state index in [-0.39, 0.29) is 5.91 Å². The average Bonchev–Trinajstić information content (AvgIpc) is 2.80. The van der Waals surface area contributed by atoms with Crippen molar-refractivity contribution in [3.8, 4) is 11.3 Å². The Morgan fingerprint density at radius 2 is 2.06 bits per heavy atom. The van der Waals surface area contributed by atoms with Crippen LogP contribution in [0.2, 0.25) is 0 Å². The summed E-state index contributed by atoms with van der Waals surface area (Å²) in [5.41, 5.74) is 2.00. The van der Waals surface area contributed by atoms with Gasteiger partial charge in [-0.25, -0.2) is 4.98 Å². The van der Waals surface area contributed by atoms with E-state index in [0.29, 0.717) is 6.54 Å². The van der Waals surface area contributed by atoms with Crippen LogP contribution < -0.4 is 4.90 Å². The summed E-state index contributed by atoms with van der Waals surface area (Å²) in [6.07, 6.45) is 0. The lowest BCUT2D eigenvalue weighted by Gasteiger charge is -2.14. The summed E-state index contributed by atoms with van der Waals surface area (Å²) in [4.78, 5) is 17.6. The predicted molar refractivity (Wildman–Crippen MR) is 71.3 cm³/mol. The molecule has 1 amide bonds. The molecule has 0 aliphatic rings. The third-order valence-electron chi connectivity index (χ3n) is 2.49. The zero-order valence-corrected chi connectivity index (χ0v) is 10.7. The SMILES string of the molecule is CCN(C(C)=O)c1nc(-c2ccccc2)cs1. The lowest BCUT2D eigenvalue weighted by atomic mass is 10.2. The molecule has 0 aliphatic carbocycles. The van der Waals surface area contributed by atoms with Crippen LogP contribution in [0.1, 0.15) is 13.8 Å². The normalized spacial score (nSPS) is 10.2. The number of rotatable bonds is 3. The van der Waals surface area contributed by atoms with Gasteiger partial charge in [-0.15, -0.1) is 11.3 Å². The van der Waals surface area contributed by atoms with Gasteiger partial charge in [0, 0.05) is 24.4 Å². The highest BCUT2D eigenvalue weighted by atomic mass is 32.1. The Kier molecular flexibility index (Phi) is 3.54. The van der Waals surface area contributed by atoms with Gasteiger partial charge in [0.1, 0.15) is 0 Å². The molecular formula is C13H14N2OS. The van der Waals surface area contributed by atoms with Gasteiger partial charge in [-0.2, -0.15) is 0 Å². The summed E-state index contributed by atoms with van der Waals surface area (Å²) >= 11 is 1.50. The molecule has 0 atom stereocenters. The molecule has 88 valence electrons. The molecule has 1 heterocycles. The molecule has 1 aromatic carbocycles. The van der Waals surface area contributed by atoms with Crippen LogP contribution >= 0.6 is 11.3 Å². The molecule has 0 bridgehead atoms. The maximum absolute atomic E-state index is 11.4. The molecule has 0 spiro atoms. The van der Waals surface area contributed by atoms with Gasteiger partial charge in [0.2, 0.25) is 5.91 Å². The smallest absolute Gasteiger partial charge is 0.225 e. The average molecular weight is 246 g/mol. The zero-order valence-electron chi connectivity index (χ0n) is 9.88. The highest BCUT2D eigenvalue weighted by Crippen LogP contribution is 2.27. The van der Waals surface area contributed by atoms with Crippen LogP contribution in [0.15, 0.2) is 35.7 Å². The number of carbonyl (C=O) groups is 1. The number of nitrogens with zero attached hydrogens (tertiary/aromatic N) is 2. The second kappa shape index (κ2) is 5.10. The van der Waals surface area contributed by atoms with Gasteiger partial charge in [0.05, 0.1) is 5.69 Å². The van der Waals surface area contributed by atoms with Crippen molar-refractivity contribution >= 4 is 22.4 Å². The van der Waals surface area contributed by atoms with E-state index in [1.54, 1.807) is 11.8 Å². The van der Waals surface area contributed by atoms with Crippen LogP contribution in [0.3, 0.4) is 0 Å². The molecule has 1 aromatic heterocycles. The van der Waals surface area contributed by atoms with Crippen molar-refractivity contribution in [2.75, 3.05) is 11.4 Å². The van der Waals surface area contributed by atoms with E-state index in [4.69, 9.17) is 0 Å². The first-order valence-corrected chi connectivity index (χ1v) is 6.39. The van der Waals surface area contributed by atoms with E-state index in [1.165, 1.54) is 11.3 Å². The van der Waals surface area contributed by atoms with Crippen molar-refractivity contribution in [3.63, 3.8) is 0 Å². The van der Waals surface area contributed by atoms with Crippen LogP contribution in [0.25, 0.3) is 11.3 Å². The Bertz CT molecular complexity index is 507. The van der Waals surface area contributed by atoms with Gasteiger partial charge >= 0.3 is 0 Å². The maximum Gasteiger partial charge on any atom is 0.225 e. The molecule has 0 saturated heterocycles. The molecular weight excluding hydrogens is 232 g/mol. The van der Waals surface area contributed by atoms with Gasteiger partial charge in [0.15, 0.2) is 5.13 Å². The number of amides is 1. The third-order valence-corrected chi connectivity index (χ3v) is 3.35. The first-order valence-electron chi connectivity index (χ1n) is 5.51. The zero-order chi connectivity index (χ0) is 12.3. The molecule has 2 aromatic rings. The quantitative estimate of drug-likeness (QED) is 0.833. The highest BCUT2D eigenvalue weighted by Gasteiger charge is 2.13. The van der Waals surface area contributed by atoms with E-state index in [9.17, 15) is 4.79 Å². The summed E-state index contributed by atoms with van der Waals surface area (Å²) in [6, 6.07) is 9.98. The highest BCUT2D eigenvalue weighted by molar-refractivity contribution is 7.14. The van der Waals surface area contributed by atoms with Gasteiger partial charge in [-0.05, 0) is 6.92 Å². The molecule has 4 heteroatoms. The second-order valence-corrected chi connectivity index (χ2v) is 4.48. The number of anilines is 1. The second-order valence-electron chi connectivity index (χ2n) is 3.64. The molecule has 0 N–H and O–H groups in total. The van der Waals surface area contributed by atoms with E-state index < -0.39 is 0 Å². The summed E-state index contributed by atoms with van der Waals surface area (Å²) in [7, 11) is 0. The van der Waals surface area contributed by atoms with Crippen LogP contribution in [-0.4, -0.2) is 17.4 Å². The molecule has 0 radical (unpaired) electrons. The Morgan fingerprint density at radius 3 is 2.65 bits per heavy atom. The number of hydrogen-bond donors (Lipinski definition) is 0. The largest absolute Gasteiger partial charge is 0.289 e. The van der Waals surface area contributed by atoms with E-state index in [0.717, 1.165) is 16.4 Å². The fraction of sp³-hybridized carbons (Fsp3) is 0.231. The van der Waals surface area contributed by atoms with Crippen molar-refractivity contribution in [1.82, 2.24) is 4.98 Å². The van der Waals surface area contributed by atoms with E-state index >= 15 is 0 Å². The van der Waals surface area contributed by atoms with Crippen LogP contribution in [0, 0.1) is 0 Å². The van der Waals surface area contributed by atoms with Gasteiger partial charge < -0.3 is 0 Å². The standard InChI is InChI=1S/C13H14N2OS/c1-3-15(10(2)16)13-14-12(9-17-13)11-7-5-4-6-8-11/h4-9H,3H2,1-2H3. The Morgan fingerprint density at radius 1 is 1.35 bits per heavy atom. The van der Waals surface area contributed by atoms with Crippen molar-refractivity contribution < 1.29 is 4.79 Å². The Labute approximate surface area is 105 Å². The first-order chi connectivity index (χ1) is 8.22. The van der Waals surface area contributed by atoms with Crippen LogP contribution in [0.5, 0.6) is 0 Å². The molecule has 0 unspecified atom stereocenters. The lowest BCUT2D eigenvalue weighted by molar-refractivity contribution is -0.116. The van der Waals surface area contributed by atoms with Crippen molar-refractivity contribution in [2.45, 2.75) is 13.8 Å². The van der Waals surface area contributed by atoms with Gasteiger partial charge in [-0.1, -0.05) is 30.3 Å². The topological polar surface area (TPSA) is 33.2 Å². The predicted octanol–water partition coefficient (Wildman–Crippen LogP) is 3.18. The molecule has 2 rings (SSSR count). The van der Waals surface area contributed by atoms with E-state index in [1.807, 2.05) is 42.6 Å². The van der Waals surface area contributed by atoms with Crippen LogP contribution in [-0.2, 0) is 4.79 Å². The fourth-order valence-corrected chi connectivity index (χ4v) is 2.56. The minimum absolute atomic E-state index is 0.0291. The molecule has 17 heavy (non-hydrogen) atoms. The number of carbonyl (C=O) groups excluding carboxylic acids is 1. The van der Waals surface area contributed by atoms with Crippen LogP contribution in [0.4, 0.5) is 5.13 Å². The monoisotopic (exact) mass is 246 g/mol. The minimum Gasteiger partial charge on any atom is -0.289 e. The molecule has 0 saturated carbocycles. The Balaban J connectivity index is 2.30. The first kappa shape index (κ1) is 11.8. The third kappa shape index (κ3) is 2.53. The van der Waals surface area contributed by atoms with Gasteiger partial charge in [-0.3, -0.25) is 9.69 Å². The van der Waals surface area contributed by atoms with Crippen molar-refractivity contribution in [3.05, 3.63) is 35.7 Å². The van der Waals surface area contributed by atoms with Gasteiger partial charge in [0.25, 0.3) is 0 Å². The number of hydrogen-bond acceptors (Lipinski definition) is 3. The van der Waals surface area contributed by atoms with E-state index in [2.05, 4.69) is 4.98 Å². The van der Waals surface area contributed by atoms with Crippen molar-refractivity contribution in [1.29, 1.82) is 0 Å². The fourth-order valence-electron chi connectivity index (χ4n) is 1.62. The molecule has 0 aliphatic heterocycles. The minimum atomic E-state index is 0.0291. The maximum atomic E-state index is 11.4. The molecule has 3 nitrogen and oxygen atoms in total. The number of aromatic nitrogens is 1. The summed E-state index contributed by atoms with van der Waals surface area (Å²) in [5.74, 6) is 0.0291. The summed E-state index contributed by atoms with van der Waals surface area (Å²) in [5, 5.41) is 2.75. The number of benzene rings is 1. The number of thiazole rings is 1. The summed E-state index contributed by atoms with van der Waals surface area (Å²) in [6.45, 7) is 4.16. The molecule has 0 fully saturated rings.